The highest BCUT2D eigenvalue weighted by Crippen LogP contribution is 2.35. The van der Waals surface area contributed by atoms with Crippen LogP contribution in [0.15, 0.2) is 53.4 Å². The van der Waals surface area contributed by atoms with Crippen molar-refractivity contribution in [3.05, 3.63) is 70.1 Å². The number of benzene rings is 2. The van der Waals surface area contributed by atoms with Gasteiger partial charge in [0, 0.05) is 4.88 Å². The third kappa shape index (κ3) is 3.93. The maximum Gasteiger partial charge on any atom is 0.341 e. The van der Waals surface area contributed by atoms with Crippen LogP contribution < -0.4 is 4.72 Å². The standard InChI is InChI=1S/C20H17N3O4S3/c1-12-13(2)28-19(17(12)20(24)27-11-14-7-4-3-5-8-14)23-30(25,26)16-10-6-9-15-18(16)22-29-21-15/h3-10,23H,11H2,1-2H3. The first-order valence-corrected chi connectivity index (χ1v) is 11.9. The molecule has 2 aromatic heterocycles. The minimum atomic E-state index is -3.98. The Morgan fingerprint density at radius 3 is 2.60 bits per heavy atom. The summed E-state index contributed by atoms with van der Waals surface area (Å²) >= 11 is 2.14. The molecule has 7 nitrogen and oxygen atoms in total. The van der Waals surface area contributed by atoms with Gasteiger partial charge in [-0.2, -0.15) is 8.75 Å². The molecule has 4 aromatic rings. The SMILES string of the molecule is Cc1sc(NS(=O)(=O)c2cccc3nsnc23)c(C(=O)OCc2ccccc2)c1C. The lowest BCUT2D eigenvalue weighted by Gasteiger charge is -2.10. The summed E-state index contributed by atoms with van der Waals surface area (Å²) in [6.45, 7) is 3.70. The van der Waals surface area contributed by atoms with Crippen molar-refractivity contribution in [1.82, 2.24) is 8.75 Å². The quantitative estimate of drug-likeness (QED) is 0.426. The average molecular weight is 460 g/mol. The van der Waals surface area contributed by atoms with Gasteiger partial charge in [-0.1, -0.05) is 36.4 Å². The van der Waals surface area contributed by atoms with Crippen LogP contribution in [0.5, 0.6) is 0 Å². The van der Waals surface area contributed by atoms with Gasteiger partial charge in [0.25, 0.3) is 10.0 Å². The zero-order valence-electron chi connectivity index (χ0n) is 16.1. The van der Waals surface area contributed by atoms with Crippen molar-refractivity contribution in [3.8, 4) is 0 Å². The fourth-order valence-electron chi connectivity index (χ4n) is 2.92. The first kappa shape index (κ1) is 20.5. The van der Waals surface area contributed by atoms with Crippen LogP contribution in [0, 0.1) is 13.8 Å². The monoisotopic (exact) mass is 459 g/mol. The lowest BCUT2D eigenvalue weighted by atomic mass is 10.1. The summed E-state index contributed by atoms with van der Waals surface area (Å²) in [5.74, 6) is -0.577. The molecule has 0 atom stereocenters. The molecule has 0 aliphatic carbocycles. The second-order valence-corrected chi connectivity index (χ2v) is 9.95. The summed E-state index contributed by atoms with van der Waals surface area (Å²) in [7, 11) is -3.98. The predicted molar refractivity (Wildman–Crippen MR) is 118 cm³/mol. The van der Waals surface area contributed by atoms with Gasteiger partial charge in [-0.15, -0.1) is 11.3 Å². The van der Waals surface area contributed by atoms with Crippen LogP contribution in [0.3, 0.4) is 0 Å². The highest BCUT2D eigenvalue weighted by molar-refractivity contribution is 7.93. The van der Waals surface area contributed by atoms with E-state index in [0.717, 1.165) is 22.2 Å². The number of esters is 1. The number of ether oxygens (including phenoxy) is 1. The number of hydrogen-bond donors (Lipinski definition) is 1. The highest BCUT2D eigenvalue weighted by Gasteiger charge is 2.26. The van der Waals surface area contributed by atoms with E-state index >= 15 is 0 Å². The zero-order chi connectivity index (χ0) is 21.3. The fourth-order valence-corrected chi connectivity index (χ4v) is 6.04. The topological polar surface area (TPSA) is 98.3 Å². The lowest BCUT2D eigenvalue weighted by molar-refractivity contribution is 0.0473. The Kier molecular flexibility index (Phi) is 5.54. The van der Waals surface area contributed by atoms with Crippen molar-refractivity contribution in [1.29, 1.82) is 0 Å². The van der Waals surface area contributed by atoms with Gasteiger partial charge in [0.1, 0.15) is 27.5 Å². The molecule has 0 amide bonds. The summed E-state index contributed by atoms with van der Waals surface area (Å²) in [4.78, 5) is 13.6. The first-order chi connectivity index (χ1) is 14.4. The van der Waals surface area contributed by atoms with Gasteiger partial charge in [0.15, 0.2) is 0 Å². The molecular weight excluding hydrogens is 442 g/mol. The maximum atomic E-state index is 13.1. The van der Waals surface area contributed by atoms with Crippen molar-refractivity contribution in [2.45, 2.75) is 25.3 Å². The Balaban J connectivity index is 1.64. The van der Waals surface area contributed by atoms with Gasteiger partial charge in [-0.05, 0) is 37.1 Å². The van der Waals surface area contributed by atoms with E-state index in [1.807, 2.05) is 37.3 Å². The molecule has 0 spiro atoms. The number of aromatic nitrogens is 2. The van der Waals surface area contributed by atoms with Gasteiger partial charge >= 0.3 is 5.97 Å². The van der Waals surface area contributed by atoms with Crippen LogP contribution in [0.4, 0.5) is 5.00 Å². The number of carbonyl (C=O) groups excluding carboxylic acids is 1. The minimum absolute atomic E-state index is 0.0149. The van der Waals surface area contributed by atoms with E-state index in [0.29, 0.717) is 16.6 Å². The van der Waals surface area contributed by atoms with Gasteiger partial charge in [-0.3, -0.25) is 4.72 Å². The van der Waals surface area contributed by atoms with Gasteiger partial charge in [0.05, 0.1) is 17.3 Å². The van der Waals surface area contributed by atoms with Crippen LogP contribution in [0.1, 0.15) is 26.4 Å². The number of sulfonamides is 1. The minimum Gasteiger partial charge on any atom is -0.457 e. The third-order valence-electron chi connectivity index (χ3n) is 4.57. The van der Waals surface area contributed by atoms with Crippen molar-refractivity contribution >= 4 is 55.1 Å². The summed E-state index contributed by atoms with van der Waals surface area (Å²) in [5, 5.41) is 0.225. The zero-order valence-corrected chi connectivity index (χ0v) is 18.5. The second-order valence-electron chi connectivity index (χ2n) is 6.54. The molecule has 1 N–H and O–H groups in total. The largest absolute Gasteiger partial charge is 0.457 e. The Labute approximate surface area is 181 Å². The van der Waals surface area contributed by atoms with Crippen LogP contribution in [0.25, 0.3) is 11.0 Å². The molecule has 0 radical (unpaired) electrons. The number of rotatable bonds is 6. The molecule has 0 saturated heterocycles. The van der Waals surface area contributed by atoms with Crippen molar-refractivity contribution in [2.24, 2.45) is 0 Å². The Morgan fingerprint density at radius 2 is 1.83 bits per heavy atom. The predicted octanol–water partition coefficient (Wildman–Crippen LogP) is 4.53. The molecule has 4 rings (SSSR count). The number of nitrogens with zero attached hydrogens (tertiary/aromatic N) is 2. The number of anilines is 1. The molecule has 0 fully saturated rings. The molecule has 0 aliphatic heterocycles. The summed E-state index contributed by atoms with van der Waals surface area (Å²) < 4.78 is 42.3. The van der Waals surface area contributed by atoms with E-state index in [1.165, 1.54) is 17.4 Å². The van der Waals surface area contributed by atoms with Crippen LogP contribution in [-0.2, 0) is 21.4 Å². The molecular formula is C20H17N3O4S3. The fraction of sp³-hybridized carbons (Fsp3) is 0.150. The van der Waals surface area contributed by atoms with Crippen molar-refractivity contribution in [3.63, 3.8) is 0 Å². The lowest BCUT2D eigenvalue weighted by Crippen LogP contribution is -2.16. The number of carbonyl (C=O) groups is 1. The number of fused-ring (bicyclic) bond motifs is 1. The summed E-state index contributed by atoms with van der Waals surface area (Å²) in [6, 6.07) is 14.1. The van der Waals surface area contributed by atoms with Crippen LogP contribution in [-0.4, -0.2) is 23.1 Å². The van der Waals surface area contributed by atoms with Crippen LogP contribution >= 0.6 is 23.1 Å². The second kappa shape index (κ2) is 8.13. The van der Waals surface area contributed by atoms with Gasteiger partial charge in [0.2, 0.25) is 0 Å². The number of thiophene rings is 1. The number of aryl methyl sites for hydroxylation is 1. The maximum absolute atomic E-state index is 13.1. The molecule has 2 aromatic carbocycles. The Bertz CT molecular complexity index is 1330. The average Bonchev–Trinajstić information content (AvgIpc) is 3.31. The Hall–Kier alpha value is -2.82. The van der Waals surface area contributed by atoms with E-state index in [4.69, 9.17) is 4.74 Å². The summed E-state index contributed by atoms with van der Waals surface area (Å²) in [5.41, 5.74) is 2.56. The van der Waals surface area contributed by atoms with E-state index < -0.39 is 16.0 Å². The van der Waals surface area contributed by atoms with Crippen molar-refractivity contribution < 1.29 is 17.9 Å². The molecule has 0 bridgehead atoms. The molecule has 2 heterocycles. The first-order valence-electron chi connectivity index (χ1n) is 8.92. The normalized spacial score (nSPS) is 11.5. The third-order valence-corrected chi connectivity index (χ3v) is 7.74. The van der Waals surface area contributed by atoms with Gasteiger partial charge < -0.3 is 4.74 Å². The molecule has 0 aliphatic rings. The molecule has 0 unspecified atom stereocenters. The van der Waals surface area contributed by atoms with E-state index in [-0.39, 0.29) is 22.1 Å². The van der Waals surface area contributed by atoms with Crippen molar-refractivity contribution in [2.75, 3.05) is 4.72 Å². The number of nitrogens with one attached hydrogen (secondary N) is 1. The number of hydrogen-bond acceptors (Lipinski definition) is 8. The molecule has 154 valence electrons. The Morgan fingerprint density at radius 1 is 1.07 bits per heavy atom. The highest BCUT2D eigenvalue weighted by atomic mass is 32.2. The molecule has 0 saturated carbocycles. The molecule has 30 heavy (non-hydrogen) atoms. The molecule has 10 heteroatoms. The smallest absolute Gasteiger partial charge is 0.341 e. The van der Waals surface area contributed by atoms with Gasteiger partial charge in [-0.25, -0.2) is 13.2 Å². The summed E-state index contributed by atoms with van der Waals surface area (Å²) in [6.07, 6.45) is 0. The van der Waals surface area contributed by atoms with Crippen LogP contribution in [0.2, 0.25) is 0 Å². The van der Waals surface area contributed by atoms with E-state index in [1.54, 1.807) is 19.1 Å². The van der Waals surface area contributed by atoms with E-state index in [2.05, 4.69) is 13.5 Å². The van der Waals surface area contributed by atoms with E-state index in [9.17, 15) is 13.2 Å².